The molecule has 1 aromatic rings. The van der Waals surface area contributed by atoms with Crippen molar-refractivity contribution >= 4 is 17.5 Å². The Morgan fingerprint density at radius 2 is 2.18 bits per heavy atom. The standard InChI is InChI=1S/C12H16ClFN2O/c1-7-4-9(10(13)5-11(7)14)12(17)16-6-8(2)15-3/h4-5,8,15H,6H2,1-3H3,(H,16,17). The summed E-state index contributed by atoms with van der Waals surface area (Å²) < 4.78 is 13.2. The lowest BCUT2D eigenvalue weighted by molar-refractivity contribution is 0.0950. The van der Waals surface area contributed by atoms with Gasteiger partial charge in [0.1, 0.15) is 5.82 Å². The number of likely N-dealkylation sites (N-methyl/N-ethyl adjacent to an activating group) is 1. The zero-order chi connectivity index (χ0) is 13.0. The summed E-state index contributed by atoms with van der Waals surface area (Å²) >= 11 is 5.83. The average Bonchev–Trinajstić information content (AvgIpc) is 2.30. The van der Waals surface area contributed by atoms with Crippen LogP contribution in [0.15, 0.2) is 12.1 Å². The summed E-state index contributed by atoms with van der Waals surface area (Å²) in [7, 11) is 1.81. The molecule has 5 heteroatoms. The fourth-order valence-corrected chi connectivity index (χ4v) is 1.51. The van der Waals surface area contributed by atoms with Gasteiger partial charge in [0.2, 0.25) is 0 Å². The molecule has 0 aliphatic heterocycles. The van der Waals surface area contributed by atoms with Crippen LogP contribution in [0, 0.1) is 12.7 Å². The van der Waals surface area contributed by atoms with Gasteiger partial charge in [0.05, 0.1) is 10.6 Å². The van der Waals surface area contributed by atoms with Crippen molar-refractivity contribution in [2.24, 2.45) is 0 Å². The maximum atomic E-state index is 13.2. The quantitative estimate of drug-likeness (QED) is 0.869. The number of carbonyl (C=O) groups is 1. The molecule has 94 valence electrons. The van der Waals surface area contributed by atoms with E-state index in [0.29, 0.717) is 17.7 Å². The lowest BCUT2D eigenvalue weighted by atomic mass is 10.1. The molecule has 1 rings (SSSR count). The van der Waals surface area contributed by atoms with Crippen LogP contribution in [-0.2, 0) is 0 Å². The van der Waals surface area contributed by atoms with Crippen molar-refractivity contribution in [2.45, 2.75) is 19.9 Å². The smallest absolute Gasteiger partial charge is 0.252 e. The van der Waals surface area contributed by atoms with Gasteiger partial charge in [-0.2, -0.15) is 0 Å². The fourth-order valence-electron chi connectivity index (χ4n) is 1.27. The van der Waals surface area contributed by atoms with Gasteiger partial charge in [-0.05, 0) is 38.6 Å². The molecule has 0 saturated carbocycles. The molecule has 0 fully saturated rings. The molecule has 1 amide bonds. The van der Waals surface area contributed by atoms with Crippen LogP contribution in [0.1, 0.15) is 22.8 Å². The lowest BCUT2D eigenvalue weighted by Gasteiger charge is -2.12. The molecule has 0 aliphatic rings. The minimum atomic E-state index is -0.407. The monoisotopic (exact) mass is 258 g/mol. The number of halogens is 2. The first-order valence-corrected chi connectivity index (χ1v) is 5.74. The van der Waals surface area contributed by atoms with Crippen LogP contribution in [0.5, 0.6) is 0 Å². The second-order valence-corrected chi connectivity index (χ2v) is 4.39. The molecule has 17 heavy (non-hydrogen) atoms. The van der Waals surface area contributed by atoms with E-state index in [9.17, 15) is 9.18 Å². The molecule has 2 N–H and O–H groups in total. The summed E-state index contributed by atoms with van der Waals surface area (Å²) in [6.07, 6.45) is 0. The van der Waals surface area contributed by atoms with E-state index in [1.54, 1.807) is 6.92 Å². The van der Waals surface area contributed by atoms with Crippen LogP contribution in [0.2, 0.25) is 5.02 Å². The Bertz CT molecular complexity index is 423. The largest absolute Gasteiger partial charge is 0.350 e. The van der Waals surface area contributed by atoms with Gasteiger partial charge in [-0.1, -0.05) is 11.6 Å². The van der Waals surface area contributed by atoms with E-state index in [1.807, 2.05) is 14.0 Å². The predicted molar refractivity (Wildman–Crippen MR) is 67.0 cm³/mol. The third kappa shape index (κ3) is 3.68. The molecule has 1 aromatic carbocycles. The molecule has 0 radical (unpaired) electrons. The summed E-state index contributed by atoms with van der Waals surface area (Å²) in [6, 6.07) is 2.78. The van der Waals surface area contributed by atoms with Gasteiger partial charge in [-0.15, -0.1) is 0 Å². The van der Waals surface area contributed by atoms with Crippen LogP contribution >= 0.6 is 11.6 Å². The van der Waals surface area contributed by atoms with Crippen molar-refractivity contribution in [1.29, 1.82) is 0 Å². The molecule has 3 nitrogen and oxygen atoms in total. The van der Waals surface area contributed by atoms with E-state index in [1.165, 1.54) is 6.07 Å². The van der Waals surface area contributed by atoms with Crippen molar-refractivity contribution in [2.75, 3.05) is 13.6 Å². The van der Waals surface area contributed by atoms with Gasteiger partial charge in [0.15, 0.2) is 0 Å². The Hall–Kier alpha value is -1.13. The molecule has 0 aromatic heterocycles. The van der Waals surface area contributed by atoms with E-state index >= 15 is 0 Å². The third-order valence-electron chi connectivity index (χ3n) is 2.55. The lowest BCUT2D eigenvalue weighted by Crippen LogP contribution is -2.37. The SMILES string of the molecule is CNC(C)CNC(=O)c1cc(C)c(F)cc1Cl. The second-order valence-electron chi connectivity index (χ2n) is 3.98. The maximum Gasteiger partial charge on any atom is 0.252 e. The maximum absolute atomic E-state index is 13.2. The molecular formula is C12H16ClFN2O. The topological polar surface area (TPSA) is 41.1 Å². The van der Waals surface area contributed by atoms with Gasteiger partial charge < -0.3 is 10.6 Å². The van der Waals surface area contributed by atoms with Crippen molar-refractivity contribution < 1.29 is 9.18 Å². The number of carbonyl (C=O) groups excluding carboxylic acids is 1. The van der Waals surface area contributed by atoms with E-state index in [4.69, 9.17) is 11.6 Å². The zero-order valence-corrected chi connectivity index (χ0v) is 10.9. The highest BCUT2D eigenvalue weighted by Crippen LogP contribution is 2.20. The minimum absolute atomic E-state index is 0.128. The Labute approximate surface area is 105 Å². The van der Waals surface area contributed by atoms with Crippen LogP contribution in [0.25, 0.3) is 0 Å². The Morgan fingerprint density at radius 3 is 2.76 bits per heavy atom. The molecule has 1 unspecified atom stereocenters. The Morgan fingerprint density at radius 1 is 1.53 bits per heavy atom. The van der Waals surface area contributed by atoms with E-state index < -0.39 is 5.82 Å². The number of nitrogens with one attached hydrogen (secondary N) is 2. The number of benzene rings is 1. The van der Waals surface area contributed by atoms with E-state index in [0.717, 1.165) is 6.07 Å². The highest BCUT2D eigenvalue weighted by atomic mass is 35.5. The minimum Gasteiger partial charge on any atom is -0.350 e. The number of hydrogen-bond acceptors (Lipinski definition) is 2. The number of aryl methyl sites for hydroxylation is 1. The van der Waals surface area contributed by atoms with Gasteiger partial charge in [0.25, 0.3) is 5.91 Å². The molecule has 1 atom stereocenters. The van der Waals surface area contributed by atoms with Gasteiger partial charge in [0, 0.05) is 12.6 Å². The summed E-state index contributed by atoms with van der Waals surface area (Å²) in [4.78, 5) is 11.8. The molecule has 0 saturated heterocycles. The van der Waals surface area contributed by atoms with Crippen molar-refractivity contribution in [1.82, 2.24) is 10.6 Å². The predicted octanol–water partition coefficient (Wildman–Crippen LogP) is 2.13. The normalized spacial score (nSPS) is 12.3. The summed E-state index contributed by atoms with van der Waals surface area (Å²) in [6.45, 7) is 4.03. The highest BCUT2D eigenvalue weighted by molar-refractivity contribution is 6.33. The van der Waals surface area contributed by atoms with E-state index in [-0.39, 0.29) is 17.0 Å². The number of amides is 1. The second kappa shape index (κ2) is 5.98. The van der Waals surface area contributed by atoms with Crippen LogP contribution in [0.4, 0.5) is 4.39 Å². The van der Waals surface area contributed by atoms with Crippen LogP contribution in [0.3, 0.4) is 0 Å². The van der Waals surface area contributed by atoms with Crippen molar-refractivity contribution in [3.05, 3.63) is 34.1 Å². The zero-order valence-electron chi connectivity index (χ0n) is 10.1. The van der Waals surface area contributed by atoms with Crippen LogP contribution in [-0.4, -0.2) is 25.5 Å². The summed E-state index contributed by atoms with van der Waals surface area (Å²) in [5.41, 5.74) is 0.704. The van der Waals surface area contributed by atoms with E-state index in [2.05, 4.69) is 10.6 Å². The first-order chi connectivity index (χ1) is 7.95. The first-order valence-electron chi connectivity index (χ1n) is 5.36. The fraction of sp³-hybridized carbons (Fsp3) is 0.417. The van der Waals surface area contributed by atoms with Gasteiger partial charge >= 0.3 is 0 Å². The Kier molecular flexibility index (Phi) is 4.90. The summed E-state index contributed by atoms with van der Waals surface area (Å²) in [5, 5.41) is 5.86. The highest BCUT2D eigenvalue weighted by Gasteiger charge is 2.13. The summed E-state index contributed by atoms with van der Waals surface area (Å²) in [5.74, 6) is -0.699. The number of hydrogen-bond donors (Lipinski definition) is 2. The third-order valence-corrected chi connectivity index (χ3v) is 2.87. The first kappa shape index (κ1) is 13.9. The van der Waals surface area contributed by atoms with Gasteiger partial charge in [-0.25, -0.2) is 4.39 Å². The molecule has 0 bridgehead atoms. The van der Waals surface area contributed by atoms with Crippen molar-refractivity contribution in [3.63, 3.8) is 0 Å². The Balaban J connectivity index is 2.79. The van der Waals surface area contributed by atoms with Crippen LogP contribution < -0.4 is 10.6 Å². The molecule has 0 heterocycles. The number of rotatable bonds is 4. The molecular weight excluding hydrogens is 243 g/mol. The average molecular weight is 259 g/mol. The van der Waals surface area contributed by atoms with Gasteiger partial charge in [-0.3, -0.25) is 4.79 Å². The van der Waals surface area contributed by atoms with Crippen molar-refractivity contribution in [3.8, 4) is 0 Å². The molecule has 0 aliphatic carbocycles. The molecule has 0 spiro atoms.